The molecule has 7 heteroatoms. The maximum atomic E-state index is 11.9. The van der Waals surface area contributed by atoms with E-state index in [2.05, 4.69) is 10.6 Å². The van der Waals surface area contributed by atoms with Gasteiger partial charge in [0.05, 0.1) is 0 Å². The molecule has 0 spiro atoms. The van der Waals surface area contributed by atoms with Gasteiger partial charge in [0.2, 0.25) is 6.79 Å². The molecule has 0 fully saturated rings. The fourth-order valence-electron chi connectivity index (χ4n) is 1.83. The number of nitriles is 1. The zero-order chi connectivity index (χ0) is 15.8. The average molecular weight is 303 g/mol. The van der Waals surface area contributed by atoms with Crippen LogP contribution < -0.4 is 20.1 Å². The molecule has 2 rings (SSSR count). The Labute approximate surface area is 128 Å². The molecule has 0 aromatic heterocycles. The molecule has 1 aliphatic rings. The molecule has 1 amide bonds. The predicted octanol–water partition coefficient (Wildman–Crippen LogP) is 0.411. The van der Waals surface area contributed by atoms with Gasteiger partial charge >= 0.3 is 0 Å². The summed E-state index contributed by atoms with van der Waals surface area (Å²) in [6, 6.07) is 7.23. The van der Waals surface area contributed by atoms with Crippen LogP contribution in [0.5, 0.6) is 11.5 Å². The van der Waals surface area contributed by atoms with Crippen LogP contribution in [0.3, 0.4) is 0 Å². The number of rotatable bonds is 7. The highest BCUT2D eigenvalue weighted by Gasteiger charge is 2.14. The molecule has 0 aliphatic carbocycles. The zero-order valence-electron chi connectivity index (χ0n) is 12.0. The number of aliphatic hydroxyl groups is 1. The van der Waals surface area contributed by atoms with Crippen LogP contribution in [0.4, 0.5) is 0 Å². The fraction of sp³-hybridized carbons (Fsp3) is 0.333. The Kier molecular flexibility index (Phi) is 5.63. The van der Waals surface area contributed by atoms with Crippen molar-refractivity contribution in [2.24, 2.45) is 0 Å². The molecular weight excluding hydrogens is 286 g/mol. The van der Waals surface area contributed by atoms with Crippen LogP contribution in [0.1, 0.15) is 12.0 Å². The van der Waals surface area contributed by atoms with E-state index in [9.17, 15) is 4.79 Å². The van der Waals surface area contributed by atoms with Gasteiger partial charge < -0.3 is 25.2 Å². The van der Waals surface area contributed by atoms with Crippen molar-refractivity contribution in [3.05, 3.63) is 35.5 Å². The van der Waals surface area contributed by atoms with Crippen molar-refractivity contribution in [3.8, 4) is 17.6 Å². The van der Waals surface area contributed by atoms with E-state index in [4.69, 9.17) is 19.8 Å². The maximum absolute atomic E-state index is 11.9. The number of benzene rings is 1. The zero-order valence-corrected chi connectivity index (χ0v) is 12.0. The summed E-state index contributed by atoms with van der Waals surface area (Å²) in [5.74, 6) is 0.867. The summed E-state index contributed by atoms with van der Waals surface area (Å²) < 4.78 is 10.5. The molecule has 22 heavy (non-hydrogen) atoms. The lowest BCUT2D eigenvalue weighted by molar-refractivity contribution is -0.117. The largest absolute Gasteiger partial charge is 0.454 e. The summed E-state index contributed by atoms with van der Waals surface area (Å²) in [5.41, 5.74) is 0.835. The minimum Gasteiger partial charge on any atom is -0.454 e. The van der Waals surface area contributed by atoms with E-state index in [1.807, 2.05) is 12.1 Å². The molecule has 0 saturated heterocycles. The second-order valence-electron chi connectivity index (χ2n) is 4.57. The second kappa shape index (κ2) is 7.90. The molecular formula is C15H17N3O4. The molecule has 0 radical (unpaired) electrons. The lowest BCUT2D eigenvalue weighted by Crippen LogP contribution is -2.25. The Morgan fingerprint density at radius 3 is 3.00 bits per heavy atom. The highest BCUT2D eigenvalue weighted by atomic mass is 16.7. The number of nitrogens with one attached hydrogen (secondary N) is 2. The Hall–Kier alpha value is -2.72. The molecule has 0 atom stereocenters. The minimum absolute atomic E-state index is 0.0151. The standard InChI is InChI=1S/C15H17N3O4/c16-7-12(9-17-4-1-5-19)15(20)18-8-11-2-3-13-14(6-11)22-10-21-13/h2-3,6,9,17,19H,1,4-5,8,10H2,(H,18,20)/b12-9-. The van der Waals surface area contributed by atoms with Crippen LogP contribution in [0.15, 0.2) is 30.0 Å². The molecule has 7 nitrogen and oxygen atoms in total. The number of aliphatic hydroxyl groups excluding tert-OH is 1. The maximum Gasteiger partial charge on any atom is 0.263 e. The molecule has 0 bridgehead atoms. The van der Waals surface area contributed by atoms with Crippen molar-refractivity contribution < 1.29 is 19.4 Å². The Bertz CT molecular complexity index is 607. The van der Waals surface area contributed by atoms with Gasteiger partial charge in [0.15, 0.2) is 11.5 Å². The van der Waals surface area contributed by atoms with Crippen LogP contribution >= 0.6 is 0 Å². The molecule has 1 aromatic rings. The van der Waals surface area contributed by atoms with E-state index in [-0.39, 0.29) is 25.5 Å². The van der Waals surface area contributed by atoms with E-state index in [1.165, 1.54) is 6.20 Å². The first-order chi connectivity index (χ1) is 10.7. The number of ether oxygens (including phenoxy) is 2. The first-order valence-electron chi connectivity index (χ1n) is 6.86. The van der Waals surface area contributed by atoms with Crippen molar-refractivity contribution in [1.82, 2.24) is 10.6 Å². The predicted molar refractivity (Wildman–Crippen MR) is 77.8 cm³/mol. The summed E-state index contributed by atoms with van der Waals surface area (Å²) in [6.45, 7) is 1.03. The molecule has 1 heterocycles. The summed E-state index contributed by atoms with van der Waals surface area (Å²) >= 11 is 0. The Morgan fingerprint density at radius 2 is 2.23 bits per heavy atom. The van der Waals surface area contributed by atoms with Crippen LogP contribution in [-0.4, -0.2) is 31.0 Å². The summed E-state index contributed by atoms with van der Waals surface area (Å²) in [6.07, 6.45) is 1.90. The number of hydrogen-bond donors (Lipinski definition) is 3. The van der Waals surface area contributed by atoms with Gasteiger partial charge in [0, 0.05) is 25.9 Å². The van der Waals surface area contributed by atoms with Crippen molar-refractivity contribution in [2.75, 3.05) is 19.9 Å². The Balaban J connectivity index is 1.87. The smallest absolute Gasteiger partial charge is 0.263 e. The van der Waals surface area contributed by atoms with Crippen molar-refractivity contribution in [2.45, 2.75) is 13.0 Å². The van der Waals surface area contributed by atoms with Crippen molar-refractivity contribution in [1.29, 1.82) is 5.26 Å². The van der Waals surface area contributed by atoms with Crippen molar-refractivity contribution >= 4 is 5.91 Å². The summed E-state index contributed by atoms with van der Waals surface area (Å²) in [5, 5.41) is 23.1. The highest BCUT2D eigenvalue weighted by Crippen LogP contribution is 2.32. The highest BCUT2D eigenvalue weighted by molar-refractivity contribution is 5.97. The monoisotopic (exact) mass is 303 g/mol. The SMILES string of the molecule is N#C/C(=C/NCCCO)C(=O)NCc1ccc2c(c1)OCO2. The van der Waals surface area contributed by atoms with Gasteiger partial charge in [-0.25, -0.2) is 0 Å². The number of hydrogen-bond acceptors (Lipinski definition) is 6. The van der Waals surface area contributed by atoms with E-state index in [0.29, 0.717) is 24.5 Å². The third kappa shape index (κ3) is 4.14. The quantitative estimate of drug-likeness (QED) is 0.383. The molecule has 1 aliphatic heterocycles. The van der Waals surface area contributed by atoms with E-state index in [1.54, 1.807) is 12.1 Å². The van der Waals surface area contributed by atoms with Gasteiger partial charge in [-0.05, 0) is 24.1 Å². The minimum atomic E-state index is -0.461. The molecule has 0 unspecified atom stereocenters. The molecule has 1 aromatic carbocycles. The number of nitrogens with zero attached hydrogens (tertiary/aromatic N) is 1. The Morgan fingerprint density at radius 1 is 1.41 bits per heavy atom. The fourth-order valence-corrected chi connectivity index (χ4v) is 1.83. The van der Waals surface area contributed by atoms with Gasteiger partial charge in [-0.3, -0.25) is 4.79 Å². The van der Waals surface area contributed by atoms with Gasteiger partial charge in [0.25, 0.3) is 5.91 Å². The van der Waals surface area contributed by atoms with Crippen LogP contribution in [-0.2, 0) is 11.3 Å². The van der Waals surface area contributed by atoms with E-state index in [0.717, 1.165) is 5.56 Å². The van der Waals surface area contributed by atoms with E-state index >= 15 is 0 Å². The lowest BCUT2D eigenvalue weighted by atomic mass is 10.2. The first kappa shape index (κ1) is 15.7. The van der Waals surface area contributed by atoms with E-state index < -0.39 is 5.91 Å². The summed E-state index contributed by atoms with van der Waals surface area (Å²) in [7, 11) is 0. The number of amides is 1. The third-order valence-electron chi connectivity index (χ3n) is 2.98. The van der Waals surface area contributed by atoms with Crippen LogP contribution in [0.2, 0.25) is 0 Å². The summed E-state index contributed by atoms with van der Waals surface area (Å²) in [4.78, 5) is 11.9. The van der Waals surface area contributed by atoms with Crippen molar-refractivity contribution in [3.63, 3.8) is 0 Å². The third-order valence-corrected chi connectivity index (χ3v) is 2.98. The van der Waals surface area contributed by atoms with Crippen LogP contribution in [0.25, 0.3) is 0 Å². The first-order valence-corrected chi connectivity index (χ1v) is 6.86. The van der Waals surface area contributed by atoms with Gasteiger partial charge in [-0.2, -0.15) is 5.26 Å². The normalized spacial score (nSPS) is 12.6. The number of carbonyl (C=O) groups excluding carboxylic acids is 1. The molecule has 116 valence electrons. The van der Waals surface area contributed by atoms with Gasteiger partial charge in [0.1, 0.15) is 11.6 Å². The van der Waals surface area contributed by atoms with Gasteiger partial charge in [-0.15, -0.1) is 0 Å². The number of carbonyl (C=O) groups is 1. The lowest BCUT2D eigenvalue weighted by Gasteiger charge is -2.06. The van der Waals surface area contributed by atoms with Gasteiger partial charge in [-0.1, -0.05) is 6.07 Å². The second-order valence-corrected chi connectivity index (χ2v) is 4.57. The molecule has 0 saturated carbocycles. The average Bonchev–Trinajstić information content (AvgIpc) is 3.00. The topological polar surface area (TPSA) is 104 Å². The molecule has 3 N–H and O–H groups in total. The number of fused-ring (bicyclic) bond motifs is 1. The van der Waals surface area contributed by atoms with Crippen LogP contribution in [0, 0.1) is 11.3 Å².